The number of hydrogen-bond donors (Lipinski definition) is 1. The molecule has 4 rings (SSSR count). The first-order chi connectivity index (χ1) is 14.0. The number of alkyl carbamates (subject to hydrolysis) is 1. The number of likely N-dealkylation sites (tertiary alicyclic amines) is 1. The fraction of sp³-hybridized carbons (Fsp3) is 0.458. The van der Waals surface area contributed by atoms with Crippen molar-refractivity contribution < 1.29 is 14.3 Å². The second-order valence-electron chi connectivity index (χ2n) is 8.27. The van der Waals surface area contributed by atoms with E-state index in [0.29, 0.717) is 13.2 Å². The summed E-state index contributed by atoms with van der Waals surface area (Å²) in [5.74, 6) is 0. The van der Waals surface area contributed by atoms with E-state index >= 15 is 0 Å². The number of hydrogen-bond acceptors (Lipinski definition) is 4. The summed E-state index contributed by atoms with van der Waals surface area (Å²) in [4.78, 5) is 13.8. The molecule has 2 fully saturated rings. The van der Waals surface area contributed by atoms with Crippen LogP contribution in [0.5, 0.6) is 0 Å². The first kappa shape index (κ1) is 19.9. The van der Waals surface area contributed by atoms with Gasteiger partial charge in [-0.2, -0.15) is 0 Å². The number of carbonyl (C=O) groups excluding carboxylic acids is 1. The van der Waals surface area contributed by atoms with Gasteiger partial charge in [0.25, 0.3) is 0 Å². The van der Waals surface area contributed by atoms with Crippen molar-refractivity contribution in [2.75, 3.05) is 32.8 Å². The summed E-state index contributed by atoms with van der Waals surface area (Å²) >= 11 is 0. The van der Waals surface area contributed by atoms with Crippen LogP contribution in [0.15, 0.2) is 48.5 Å². The molecular formula is C24H30N2O3. The molecule has 5 nitrogen and oxygen atoms in total. The molecule has 0 saturated carbocycles. The van der Waals surface area contributed by atoms with Crippen molar-refractivity contribution in [3.63, 3.8) is 0 Å². The zero-order valence-electron chi connectivity index (χ0n) is 17.3. The maximum absolute atomic E-state index is 11.4. The molecule has 2 saturated heterocycles. The van der Waals surface area contributed by atoms with Gasteiger partial charge in [-0.3, -0.25) is 0 Å². The van der Waals surface area contributed by atoms with E-state index < -0.39 is 0 Å². The van der Waals surface area contributed by atoms with Crippen molar-refractivity contribution in [2.24, 2.45) is 0 Å². The van der Waals surface area contributed by atoms with Gasteiger partial charge in [0.05, 0.1) is 13.2 Å². The van der Waals surface area contributed by atoms with Crippen molar-refractivity contribution in [3.8, 4) is 0 Å². The number of nitrogens with one attached hydrogen (secondary N) is 1. The van der Waals surface area contributed by atoms with Gasteiger partial charge in [0.1, 0.15) is 11.7 Å². The molecule has 0 aliphatic carbocycles. The van der Waals surface area contributed by atoms with Crippen LogP contribution < -0.4 is 5.32 Å². The average Bonchev–Trinajstić information content (AvgIpc) is 3.10. The Bertz CT molecular complexity index is 844. The zero-order valence-corrected chi connectivity index (χ0v) is 17.3. The van der Waals surface area contributed by atoms with E-state index in [4.69, 9.17) is 9.47 Å². The van der Waals surface area contributed by atoms with Crippen molar-refractivity contribution in [1.29, 1.82) is 0 Å². The number of benzene rings is 2. The number of ether oxygens (including phenoxy) is 2. The second kappa shape index (κ2) is 8.56. The van der Waals surface area contributed by atoms with Crippen LogP contribution in [-0.4, -0.2) is 49.4 Å². The quantitative estimate of drug-likeness (QED) is 0.805. The molecule has 5 heteroatoms. The Kier molecular flexibility index (Phi) is 5.88. The molecule has 1 N–H and O–H groups in total. The standard InChI is InChI=1S/C24H30N2O3/c1-18-8-9-21(16-19(18)2)22(20-6-4-3-5-7-20)28-15-14-26-12-10-24(11-13-26)17-25-23(27)29-24/h3-9,16,22H,10-15,17H2,1-2H3,(H,25,27). The Hall–Kier alpha value is -2.37. The molecular weight excluding hydrogens is 364 g/mol. The van der Waals surface area contributed by atoms with Crippen LogP contribution in [0.3, 0.4) is 0 Å². The average molecular weight is 395 g/mol. The Morgan fingerprint density at radius 2 is 1.83 bits per heavy atom. The number of amides is 1. The second-order valence-corrected chi connectivity index (χ2v) is 8.27. The van der Waals surface area contributed by atoms with Gasteiger partial charge in [-0.25, -0.2) is 4.79 Å². The molecule has 0 radical (unpaired) electrons. The Morgan fingerprint density at radius 1 is 1.07 bits per heavy atom. The predicted molar refractivity (Wildman–Crippen MR) is 113 cm³/mol. The highest BCUT2D eigenvalue weighted by molar-refractivity contribution is 5.70. The summed E-state index contributed by atoms with van der Waals surface area (Å²) in [6.07, 6.45) is 1.42. The normalized spacial score (nSPS) is 19.7. The first-order valence-corrected chi connectivity index (χ1v) is 10.5. The van der Waals surface area contributed by atoms with Crippen molar-refractivity contribution in [2.45, 2.75) is 38.4 Å². The van der Waals surface area contributed by atoms with E-state index in [1.54, 1.807) is 0 Å². The van der Waals surface area contributed by atoms with Gasteiger partial charge in [-0.05, 0) is 36.1 Å². The van der Waals surface area contributed by atoms with Crippen LogP contribution in [0.2, 0.25) is 0 Å². The van der Waals surface area contributed by atoms with Crippen molar-refractivity contribution >= 4 is 6.09 Å². The van der Waals surface area contributed by atoms with Crippen molar-refractivity contribution in [3.05, 3.63) is 70.8 Å². The minimum absolute atomic E-state index is 0.0633. The van der Waals surface area contributed by atoms with Crippen LogP contribution in [0.4, 0.5) is 4.79 Å². The summed E-state index contributed by atoms with van der Waals surface area (Å²) in [6, 6.07) is 17.0. The smallest absolute Gasteiger partial charge is 0.407 e. The molecule has 1 spiro atoms. The molecule has 1 amide bonds. The highest BCUT2D eigenvalue weighted by atomic mass is 16.6. The third-order valence-corrected chi connectivity index (χ3v) is 6.26. The maximum Gasteiger partial charge on any atom is 0.407 e. The Morgan fingerprint density at radius 3 is 2.48 bits per heavy atom. The first-order valence-electron chi connectivity index (χ1n) is 10.5. The van der Waals surface area contributed by atoms with Gasteiger partial charge in [0.2, 0.25) is 0 Å². The molecule has 2 aliphatic rings. The monoisotopic (exact) mass is 394 g/mol. The molecule has 0 aromatic heterocycles. The van der Waals surface area contributed by atoms with Gasteiger partial charge in [0, 0.05) is 32.5 Å². The fourth-order valence-corrected chi connectivity index (χ4v) is 4.21. The van der Waals surface area contributed by atoms with Crippen LogP contribution in [0.25, 0.3) is 0 Å². The molecule has 1 unspecified atom stereocenters. The third kappa shape index (κ3) is 4.62. The van der Waals surface area contributed by atoms with Crippen LogP contribution in [0, 0.1) is 13.8 Å². The minimum Gasteiger partial charge on any atom is -0.441 e. The van der Waals surface area contributed by atoms with E-state index in [-0.39, 0.29) is 17.8 Å². The molecule has 2 aromatic rings. The minimum atomic E-state index is -0.291. The molecule has 1 atom stereocenters. The van der Waals surface area contributed by atoms with Gasteiger partial charge >= 0.3 is 6.09 Å². The number of rotatable bonds is 6. The number of nitrogens with zero attached hydrogens (tertiary/aromatic N) is 1. The van der Waals surface area contributed by atoms with E-state index in [9.17, 15) is 4.79 Å². The lowest BCUT2D eigenvalue weighted by atomic mass is 9.92. The number of aryl methyl sites for hydroxylation is 2. The van der Waals surface area contributed by atoms with E-state index in [1.165, 1.54) is 22.3 Å². The highest BCUT2D eigenvalue weighted by Crippen LogP contribution is 2.30. The van der Waals surface area contributed by atoms with Gasteiger partial charge in [-0.1, -0.05) is 48.5 Å². The third-order valence-electron chi connectivity index (χ3n) is 6.26. The largest absolute Gasteiger partial charge is 0.441 e. The molecule has 2 aliphatic heterocycles. The maximum atomic E-state index is 11.4. The van der Waals surface area contributed by atoms with Gasteiger partial charge in [0.15, 0.2) is 0 Å². The lowest BCUT2D eigenvalue weighted by Crippen LogP contribution is -2.47. The van der Waals surface area contributed by atoms with E-state index in [2.05, 4.69) is 66.5 Å². The lowest BCUT2D eigenvalue weighted by Gasteiger charge is -2.37. The summed E-state index contributed by atoms with van der Waals surface area (Å²) in [6.45, 7) is 8.32. The fourth-order valence-electron chi connectivity index (χ4n) is 4.21. The molecule has 2 aromatic carbocycles. The van der Waals surface area contributed by atoms with Crippen LogP contribution >= 0.6 is 0 Å². The van der Waals surface area contributed by atoms with Gasteiger partial charge < -0.3 is 19.7 Å². The summed E-state index contributed by atoms with van der Waals surface area (Å²) in [5.41, 5.74) is 4.66. The number of piperidine rings is 1. The van der Waals surface area contributed by atoms with Gasteiger partial charge in [-0.15, -0.1) is 0 Å². The Balaban J connectivity index is 1.36. The topological polar surface area (TPSA) is 50.8 Å². The summed E-state index contributed by atoms with van der Waals surface area (Å²) in [7, 11) is 0. The summed E-state index contributed by atoms with van der Waals surface area (Å²) < 4.78 is 11.9. The van der Waals surface area contributed by atoms with Crippen molar-refractivity contribution in [1.82, 2.24) is 10.2 Å². The van der Waals surface area contributed by atoms with E-state index in [0.717, 1.165) is 32.5 Å². The van der Waals surface area contributed by atoms with Crippen LogP contribution in [0.1, 0.15) is 41.2 Å². The predicted octanol–water partition coefficient (Wildman–Crippen LogP) is 3.98. The molecule has 2 heterocycles. The van der Waals surface area contributed by atoms with Crippen LogP contribution in [-0.2, 0) is 9.47 Å². The summed E-state index contributed by atoms with van der Waals surface area (Å²) in [5, 5.41) is 2.79. The molecule has 29 heavy (non-hydrogen) atoms. The Labute approximate surface area is 173 Å². The highest BCUT2D eigenvalue weighted by Gasteiger charge is 2.42. The number of carbonyl (C=O) groups is 1. The lowest BCUT2D eigenvalue weighted by molar-refractivity contribution is -0.0105. The zero-order chi connectivity index (χ0) is 20.3. The molecule has 0 bridgehead atoms. The van der Waals surface area contributed by atoms with E-state index in [1.807, 2.05) is 6.07 Å². The molecule has 154 valence electrons. The SMILES string of the molecule is Cc1ccc(C(OCCN2CCC3(CC2)CNC(=O)O3)c2ccccc2)cc1C.